The molecule has 0 fully saturated rings. The van der Waals surface area contributed by atoms with Gasteiger partial charge in [0.15, 0.2) is 0 Å². The number of aliphatic hydroxyl groups is 1. The number of aliphatic hydroxyl groups excluding tert-OH is 1. The zero-order chi connectivity index (χ0) is 14.3. The molecule has 0 heterocycles. The standard InChI is InChI=1S/C15H23NO2S/c1-3-4-12(7-8-17)10-16-15(18)14-9-13(19)6-5-11(14)2/h5-6,9,12,17,19H,3-4,7-8,10H2,1-2H3,(H,16,18). The first-order valence-corrected chi connectivity index (χ1v) is 7.21. The molecule has 0 aromatic heterocycles. The van der Waals surface area contributed by atoms with Gasteiger partial charge in [0.2, 0.25) is 0 Å². The van der Waals surface area contributed by atoms with Crippen molar-refractivity contribution < 1.29 is 9.90 Å². The van der Waals surface area contributed by atoms with E-state index in [4.69, 9.17) is 5.11 Å². The van der Waals surface area contributed by atoms with Gasteiger partial charge in [-0.1, -0.05) is 19.4 Å². The summed E-state index contributed by atoms with van der Waals surface area (Å²) in [4.78, 5) is 12.9. The number of thiol groups is 1. The van der Waals surface area contributed by atoms with Gasteiger partial charge in [0, 0.05) is 23.6 Å². The van der Waals surface area contributed by atoms with Crippen molar-refractivity contribution >= 4 is 18.5 Å². The van der Waals surface area contributed by atoms with Gasteiger partial charge >= 0.3 is 0 Å². The highest BCUT2D eigenvalue weighted by Crippen LogP contribution is 2.15. The van der Waals surface area contributed by atoms with Crippen molar-refractivity contribution in [3.63, 3.8) is 0 Å². The van der Waals surface area contributed by atoms with Crippen LogP contribution in [0.1, 0.15) is 42.1 Å². The first kappa shape index (κ1) is 16.1. The van der Waals surface area contributed by atoms with Crippen LogP contribution < -0.4 is 5.32 Å². The third kappa shape index (κ3) is 5.25. The van der Waals surface area contributed by atoms with Crippen LogP contribution in [0.3, 0.4) is 0 Å². The lowest BCUT2D eigenvalue weighted by Crippen LogP contribution is -2.30. The molecule has 0 aliphatic rings. The number of amides is 1. The number of nitrogens with one attached hydrogen (secondary N) is 1. The zero-order valence-electron chi connectivity index (χ0n) is 11.6. The number of rotatable bonds is 7. The van der Waals surface area contributed by atoms with E-state index in [1.807, 2.05) is 19.1 Å². The minimum Gasteiger partial charge on any atom is -0.396 e. The SMILES string of the molecule is CCCC(CCO)CNC(=O)c1cc(S)ccc1C. The first-order valence-electron chi connectivity index (χ1n) is 6.77. The summed E-state index contributed by atoms with van der Waals surface area (Å²) in [6.07, 6.45) is 2.82. The summed E-state index contributed by atoms with van der Waals surface area (Å²) in [5.74, 6) is 0.283. The molecular weight excluding hydrogens is 258 g/mol. The van der Waals surface area contributed by atoms with Gasteiger partial charge in [-0.2, -0.15) is 0 Å². The lowest BCUT2D eigenvalue weighted by molar-refractivity contribution is 0.0942. The van der Waals surface area contributed by atoms with Crippen LogP contribution in [0, 0.1) is 12.8 Å². The third-order valence-corrected chi connectivity index (χ3v) is 3.53. The summed E-state index contributed by atoms with van der Waals surface area (Å²) in [7, 11) is 0. The molecule has 0 saturated heterocycles. The van der Waals surface area contributed by atoms with Gasteiger partial charge in [-0.05, 0) is 43.4 Å². The minimum absolute atomic E-state index is 0.0626. The number of carbonyl (C=O) groups excluding carboxylic acids is 1. The minimum atomic E-state index is -0.0626. The third-order valence-electron chi connectivity index (χ3n) is 3.25. The fourth-order valence-electron chi connectivity index (χ4n) is 2.13. The molecule has 1 aromatic carbocycles. The van der Waals surface area contributed by atoms with E-state index < -0.39 is 0 Å². The number of benzene rings is 1. The maximum absolute atomic E-state index is 12.1. The highest BCUT2D eigenvalue weighted by Gasteiger charge is 2.12. The zero-order valence-corrected chi connectivity index (χ0v) is 12.5. The Labute approximate surface area is 120 Å². The van der Waals surface area contributed by atoms with Crippen LogP contribution in [-0.2, 0) is 0 Å². The van der Waals surface area contributed by atoms with Gasteiger partial charge in [0.1, 0.15) is 0 Å². The molecule has 3 nitrogen and oxygen atoms in total. The average Bonchev–Trinajstić information content (AvgIpc) is 2.39. The van der Waals surface area contributed by atoms with Gasteiger partial charge in [0.05, 0.1) is 0 Å². The lowest BCUT2D eigenvalue weighted by atomic mass is 10.00. The van der Waals surface area contributed by atoms with Gasteiger partial charge in [-0.25, -0.2) is 0 Å². The van der Waals surface area contributed by atoms with Crippen molar-refractivity contribution in [2.24, 2.45) is 5.92 Å². The van der Waals surface area contributed by atoms with Gasteiger partial charge < -0.3 is 10.4 Å². The Bertz CT molecular complexity index is 415. The van der Waals surface area contributed by atoms with E-state index in [0.717, 1.165) is 29.7 Å². The topological polar surface area (TPSA) is 49.3 Å². The van der Waals surface area contributed by atoms with Crippen LogP contribution in [-0.4, -0.2) is 24.2 Å². The van der Waals surface area contributed by atoms with E-state index in [2.05, 4.69) is 24.9 Å². The Kier molecular flexibility index (Phi) is 6.95. The summed E-state index contributed by atoms with van der Waals surface area (Å²) in [5, 5.41) is 12.0. The van der Waals surface area contributed by atoms with E-state index in [0.29, 0.717) is 18.0 Å². The molecule has 0 aliphatic heterocycles. The predicted octanol–water partition coefficient (Wildman–Crippen LogP) is 2.81. The summed E-state index contributed by atoms with van der Waals surface area (Å²) < 4.78 is 0. The predicted molar refractivity (Wildman–Crippen MR) is 80.9 cm³/mol. The molecule has 1 rings (SSSR count). The molecule has 0 radical (unpaired) electrons. The Hall–Kier alpha value is -1.00. The molecule has 19 heavy (non-hydrogen) atoms. The van der Waals surface area contributed by atoms with E-state index in [9.17, 15) is 4.79 Å². The number of carbonyl (C=O) groups is 1. The van der Waals surface area contributed by atoms with Crippen molar-refractivity contribution in [1.29, 1.82) is 0 Å². The Balaban J connectivity index is 2.61. The largest absolute Gasteiger partial charge is 0.396 e. The molecule has 0 aliphatic carbocycles. The molecule has 0 bridgehead atoms. The molecule has 1 amide bonds. The van der Waals surface area contributed by atoms with Crippen molar-refractivity contribution in [2.45, 2.75) is 38.0 Å². The maximum atomic E-state index is 12.1. The van der Waals surface area contributed by atoms with Crippen molar-refractivity contribution in [2.75, 3.05) is 13.2 Å². The van der Waals surface area contributed by atoms with E-state index >= 15 is 0 Å². The summed E-state index contributed by atoms with van der Waals surface area (Å²) >= 11 is 4.26. The van der Waals surface area contributed by atoms with Crippen molar-refractivity contribution in [3.05, 3.63) is 29.3 Å². The Morgan fingerprint density at radius 2 is 2.16 bits per heavy atom. The van der Waals surface area contributed by atoms with E-state index in [1.165, 1.54) is 0 Å². The fraction of sp³-hybridized carbons (Fsp3) is 0.533. The Morgan fingerprint density at radius 3 is 2.79 bits per heavy atom. The summed E-state index contributed by atoms with van der Waals surface area (Å²) in [6.45, 7) is 4.81. The van der Waals surface area contributed by atoms with Crippen LogP contribution >= 0.6 is 12.6 Å². The second-order valence-electron chi connectivity index (χ2n) is 4.88. The van der Waals surface area contributed by atoms with E-state index in [1.54, 1.807) is 6.07 Å². The number of hydrogen-bond donors (Lipinski definition) is 3. The second kappa shape index (κ2) is 8.23. The van der Waals surface area contributed by atoms with Crippen LogP contribution in [0.25, 0.3) is 0 Å². The fourth-order valence-corrected chi connectivity index (χ4v) is 2.33. The molecule has 0 spiro atoms. The van der Waals surface area contributed by atoms with Crippen LogP contribution in [0.2, 0.25) is 0 Å². The molecule has 1 atom stereocenters. The smallest absolute Gasteiger partial charge is 0.251 e. The van der Waals surface area contributed by atoms with Crippen LogP contribution in [0.15, 0.2) is 23.1 Å². The normalized spacial score (nSPS) is 12.2. The Morgan fingerprint density at radius 1 is 1.42 bits per heavy atom. The van der Waals surface area contributed by atoms with Gasteiger partial charge in [-0.3, -0.25) is 4.79 Å². The highest BCUT2D eigenvalue weighted by atomic mass is 32.1. The number of aryl methyl sites for hydroxylation is 1. The molecule has 4 heteroatoms. The van der Waals surface area contributed by atoms with Crippen molar-refractivity contribution in [1.82, 2.24) is 5.32 Å². The molecule has 106 valence electrons. The van der Waals surface area contributed by atoms with Crippen molar-refractivity contribution in [3.8, 4) is 0 Å². The lowest BCUT2D eigenvalue weighted by Gasteiger charge is -2.16. The average molecular weight is 281 g/mol. The van der Waals surface area contributed by atoms with Crippen LogP contribution in [0.5, 0.6) is 0 Å². The number of hydrogen-bond acceptors (Lipinski definition) is 3. The molecular formula is C15H23NO2S. The highest BCUT2D eigenvalue weighted by molar-refractivity contribution is 7.80. The quantitative estimate of drug-likeness (QED) is 0.673. The second-order valence-corrected chi connectivity index (χ2v) is 5.39. The van der Waals surface area contributed by atoms with Crippen LogP contribution in [0.4, 0.5) is 0 Å². The first-order chi connectivity index (χ1) is 9.08. The summed E-state index contributed by atoms with van der Waals surface area (Å²) in [6, 6.07) is 5.56. The van der Waals surface area contributed by atoms with E-state index in [-0.39, 0.29) is 12.5 Å². The maximum Gasteiger partial charge on any atom is 0.251 e. The molecule has 1 unspecified atom stereocenters. The monoisotopic (exact) mass is 281 g/mol. The van der Waals surface area contributed by atoms with Gasteiger partial charge in [-0.15, -0.1) is 12.6 Å². The van der Waals surface area contributed by atoms with Gasteiger partial charge in [0.25, 0.3) is 5.91 Å². The molecule has 1 aromatic rings. The molecule has 2 N–H and O–H groups in total. The summed E-state index contributed by atoms with van der Waals surface area (Å²) in [5.41, 5.74) is 1.62. The molecule has 0 saturated carbocycles.